The van der Waals surface area contributed by atoms with Crippen molar-refractivity contribution in [3.05, 3.63) is 65.0 Å². The second kappa shape index (κ2) is 5.73. The molecule has 0 aliphatic rings. The molecule has 2 aromatic heterocycles. The Morgan fingerprint density at radius 3 is 2.58 bits per heavy atom. The molecule has 0 bridgehead atoms. The lowest BCUT2D eigenvalue weighted by atomic mass is 10.0. The highest BCUT2D eigenvalue weighted by atomic mass is 16.5. The minimum atomic E-state index is -0.670. The Balaban J connectivity index is 2.22. The maximum absolute atomic E-state index is 13.0. The molecule has 0 atom stereocenters. The number of amides is 1. The Kier molecular flexibility index (Phi) is 3.73. The average Bonchev–Trinajstić information content (AvgIpc) is 2.85. The van der Waals surface area contributed by atoms with Crippen LogP contribution < -0.4 is 16.2 Å². The number of carbonyl (C=O) groups excluding carboxylic acids is 2. The maximum atomic E-state index is 13.0. The number of carbonyl (C=O) groups is 2. The van der Waals surface area contributed by atoms with Crippen LogP contribution >= 0.6 is 0 Å². The van der Waals surface area contributed by atoms with E-state index >= 15 is 0 Å². The van der Waals surface area contributed by atoms with Gasteiger partial charge in [-0.1, -0.05) is 6.07 Å². The molecule has 0 aliphatic heterocycles. The van der Waals surface area contributed by atoms with Crippen molar-refractivity contribution in [2.45, 2.75) is 6.92 Å². The Morgan fingerprint density at radius 2 is 1.92 bits per heavy atom. The summed E-state index contributed by atoms with van der Waals surface area (Å²) in [6.45, 7) is 1.82. The van der Waals surface area contributed by atoms with Crippen LogP contribution in [-0.2, 0) is 0 Å². The molecule has 0 unspecified atom stereocenters. The largest absolute Gasteiger partial charge is 0.494 e. The number of anilines is 1. The fourth-order valence-electron chi connectivity index (χ4n) is 2.89. The highest BCUT2D eigenvalue weighted by molar-refractivity contribution is 6.12. The highest BCUT2D eigenvalue weighted by Crippen LogP contribution is 2.32. The van der Waals surface area contributed by atoms with Crippen LogP contribution in [0.4, 0.5) is 5.69 Å². The number of hydrogen-bond acceptors (Lipinski definition) is 4. The number of methoxy groups -OCH3 is 1. The summed E-state index contributed by atoms with van der Waals surface area (Å²) in [4.78, 5) is 24.5. The summed E-state index contributed by atoms with van der Waals surface area (Å²) in [5.41, 5.74) is 13.8. The molecule has 0 saturated carbocycles. The Morgan fingerprint density at radius 1 is 1.17 bits per heavy atom. The van der Waals surface area contributed by atoms with Crippen LogP contribution in [0.3, 0.4) is 0 Å². The van der Waals surface area contributed by atoms with E-state index in [1.807, 2.05) is 25.1 Å². The zero-order chi connectivity index (χ0) is 17.4. The van der Waals surface area contributed by atoms with Gasteiger partial charge in [0.1, 0.15) is 11.4 Å². The second-order valence-corrected chi connectivity index (χ2v) is 5.46. The third kappa shape index (κ3) is 2.28. The molecule has 3 rings (SSSR count). The van der Waals surface area contributed by atoms with Gasteiger partial charge in [-0.25, -0.2) is 0 Å². The zero-order valence-electron chi connectivity index (χ0n) is 13.4. The summed E-state index contributed by atoms with van der Waals surface area (Å²) < 4.78 is 7.21. The first-order valence-electron chi connectivity index (χ1n) is 7.33. The lowest BCUT2D eigenvalue weighted by molar-refractivity contribution is 0.100. The van der Waals surface area contributed by atoms with Crippen molar-refractivity contribution in [1.29, 1.82) is 0 Å². The molecule has 1 amide bonds. The van der Waals surface area contributed by atoms with Gasteiger partial charge in [0.05, 0.1) is 18.2 Å². The first-order valence-corrected chi connectivity index (χ1v) is 7.33. The van der Waals surface area contributed by atoms with E-state index in [2.05, 4.69) is 0 Å². The van der Waals surface area contributed by atoms with Crippen LogP contribution in [0, 0.1) is 6.92 Å². The number of nitrogen functional groups attached to an aromatic ring is 1. The van der Waals surface area contributed by atoms with Crippen molar-refractivity contribution in [2.24, 2.45) is 5.73 Å². The third-order valence-electron chi connectivity index (χ3n) is 4.03. The number of ether oxygens (including phenoxy) is 1. The van der Waals surface area contributed by atoms with E-state index in [9.17, 15) is 9.59 Å². The van der Waals surface area contributed by atoms with Gasteiger partial charge < -0.3 is 20.6 Å². The van der Waals surface area contributed by atoms with Gasteiger partial charge in [0, 0.05) is 23.0 Å². The molecule has 3 aromatic rings. The molecule has 0 saturated heterocycles. The van der Waals surface area contributed by atoms with Gasteiger partial charge in [0.15, 0.2) is 0 Å². The minimum Gasteiger partial charge on any atom is -0.494 e. The van der Waals surface area contributed by atoms with Gasteiger partial charge >= 0.3 is 0 Å². The number of hydrogen-bond donors (Lipinski definition) is 2. The highest BCUT2D eigenvalue weighted by Gasteiger charge is 2.23. The van der Waals surface area contributed by atoms with E-state index in [1.54, 1.807) is 23.8 Å². The van der Waals surface area contributed by atoms with Crippen LogP contribution in [0.2, 0.25) is 0 Å². The number of fused-ring (bicyclic) bond motifs is 1. The smallest absolute Gasteiger partial charge is 0.250 e. The van der Waals surface area contributed by atoms with E-state index in [0.717, 1.165) is 11.1 Å². The molecule has 24 heavy (non-hydrogen) atoms. The van der Waals surface area contributed by atoms with E-state index in [1.165, 1.54) is 12.1 Å². The molecular weight excluding hydrogens is 306 g/mol. The number of benzene rings is 1. The van der Waals surface area contributed by atoms with Crippen molar-refractivity contribution in [1.82, 2.24) is 4.40 Å². The topological polar surface area (TPSA) is 99.8 Å². The second-order valence-electron chi connectivity index (χ2n) is 5.46. The zero-order valence-corrected chi connectivity index (χ0v) is 13.4. The molecule has 6 nitrogen and oxygen atoms in total. The summed E-state index contributed by atoms with van der Waals surface area (Å²) in [5, 5.41) is 0. The predicted molar refractivity (Wildman–Crippen MR) is 91.5 cm³/mol. The number of nitrogens with two attached hydrogens (primary N) is 2. The summed E-state index contributed by atoms with van der Waals surface area (Å²) in [6, 6.07) is 10.1. The molecule has 4 N–H and O–H groups in total. The Labute approximate surface area is 138 Å². The van der Waals surface area contributed by atoms with Crippen LogP contribution in [0.15, 0.2) is 42.6 Å². The standard InChI is InChI=1S/C18H17N3O3/c1-10-15(21-8-4-3-5-14(21)17(10)24-2)16(22)11-6-7-13(19)12(9-11)18(20)23/h3-9H,19H2,1-2H3,(H2,20,23). The average molecular weight is 323 g/mol. The van der Waals surface area contributed by atoms with Gasteiger partial charge in [-0.2, -0.15) is 0 Å². The molecule has 122 valence electrons. The molecule has 1 aromatic carbocycles. The van der Waals surface area contributed by atoms with Crippen molar-refractivity contribution in [3.8, 4) is 5.75 Å². The van der Waals surface area contributed by atoms with Crippen LogP contribution in [-0.4, -0.2) is 23.2 Å². The van der Waals surface area contributed by atoms with Gasteiger partial charge in [0.2, 0.25) is 5.78 Å². The number of aromatic nitrogens is 1. The van der Waals surface area contributed by atoms with Crippen molar-refractivity contribution < 1.29 is 14.3 Å². The lowest BCUT2D eigenvalue weighted by Crippen LogP contribution is -2.15. The molecular formula is C18H17N3O3. The van der Waals surface area contributed by atoms with Gasteiger partial charge in [-0.15, -0.1) is 0 Å². The normalized spacial score (nSPS) is 10.8. The quantitative estimate of drug-likeness (QED) is 0.567. The number of nitrogens with zero attached hydrogens (tertiary/aromatic N) is 1. The van der Waals surface area contributed by atoms with E-state index in [0.29, 0.717) is 17.0 Å². The first kappa shape index (κ1) is 15.6. The van der Waals surface area contributed by atoms with Crippen LogP contribution in [0.25, 0.3) is 5.52 Å². The van der Waals surface area contributed by atoms with Crippen LogP contribution in [0.1, 0.15) is 32.0 Å². The number of pyridine rings is 1. The van der Waals surface area contributed by atoms with Crippen molar-refractivity contribution >= 4 is 22.9 Å². The molecule has 0 fully saturated rings. The van der Waals surface area contributed by atoms with Gasteiger partial charge in [-0.3, -0.25) is 9.59 Å². The number of rotatable bonds is 4. The molecule has 2 heterocycles. The predicted octanol–water partition coefficient (Wildman–Crippen LogP) is 2.17. The fourth-order valence-corrected chi connectivity index (χ4v) is 2.89. The Hall–Kier alpha value is -3.28. The first-order chi connectivity index (χ1) is 11.5. The summed E-state index contributed by atoms with van der Waals surface area (Å²) in [6.07, 6.45) is 1.80. The summed E-state index contributed by atoms with van der Waals surface area (Å²) >= 11 is 0. The van der Waals surface area contributed by atoms with E-state index in [-0.39, 0.29) is 17.0 Å². The molecule has 0 aliphatic carbocycles. The molecule has 0 spiro atoms. The van der Waals surface area contributed by atoms with Crippen molar-refractivity contribution in [3.63, 3.8) is 0 Å². The van der Waals surface area contributed by atoms with E-state index < -0.39 is 5.91 Å². The lowest BCUT2D eigenvalue weighted by Gasteiger charge is -2.07. The number of ketones is 1. The SMILES string of the molecule is COc1c(C)c(C(=O)c2ccc(N)c(C(N)=O)c2)n2ccccc12. The van der Waals surface area contributed by atoms with E-state index in [4.69, 9.17) is 16.2 Å². The molecule has 6 heteroatoms. The summed E-state index contributed by atoms with van der Waals surface area (Å²) in [7, 11) is 1.57. The monoisotopic (exact) mass is 323 g/mol. The van der Waals surface area contributed by atoms with Crippen molar-refractivity contribution in [2.75, 3.05) is 12.8 Å². The molecule has 0 radical (unpaired) electrons. The minimum absolute atomic E-state index is 0.131. The fraction of sp³-hybridized carbons (Fsp3) is 0.111. The number of primary amides is 1. The summed E-state index contributed by atoms with van der Waals surface area (Å²) in [5.74, 6) is -0.263. The van der Waals surface area contributed by atoms with Crippen LogP contribution in [0.5, 0.6) is 5.75 Å². The maximum Gasteiger partial charge on any atom is 0.250 e. The Bertz CT molecular complexity index is 973. The third-order valence-corrected chi connectivity index (χ3v) is 4.03. The van der Waals surface area contributed by atoms with Gasteiger partial charge in [0.25, 0.3) is 5.91 Å². The van der Waals surface area contributed by atoms with Gasteiger partial charge in [-0.05, 0) is 37.3 Å².